The van der Waals surface area contributed by atoms with Gasteiger partial charge in [-0.25, -0.2) is 24.5 Å². The van der Waals surface area contributed by atoms with Crippen LogP contribution in [0.1, 0.15) is 23.0 Å². The van der Waals surface area contributed by atoms with E-state index in [1.54, 1.807) is 6.92 Å². The van der Waals surface area contributed by atoms with Crippen molar-refractivity contribution >= 4 is 28.0 Å². The number of hydrogen-bond acceptors (Lipinski definition) is 7. The highest BCUT2D eigenvalue weighted by Gasteiger charge is 2.32. The van der Waals surface area contributed by atoms with Crippen LogP contribution in [0.3, 0.4) is 0 Å². The molecule has 0 bridgehead atoms. The fourth-order valence-electron chi connectivity index (χ4n) is 2.89. The van der Waals surface area contributed by atoms with Crippen LogP contribution in [0.2, 0.25) is 0 Å². The first kappa shape index (κ1) is 20.9. The first-order valence-corrected chi connectivity index (χ1v) is 10.1. The lowest BCUT2D eigenvalue weighted by atomic mass is 10.3. The number of aromatic nitrogens is 6. The first-order valence-electron chi connectivity index (χ1n) is 8.78. The van der Waals surface area contributed by atoms with E-state index in [0.29, 0.717) is 0 Å². The van der Waals surface area contributed by atoms with Crippen LogP contribution in [-0.2, 0) is 21.8 Å². The molecule has 0 saturated heterocycles. The summed E-state index contributed by atoms with van der Waals surface area (Å²) in [5, 5.41) is 8.43. The Kier molecular flexibility index (Phi) is 5.18. The third-order valence-corrected chi connectivity index (χ3v) is 5.51. The van der Waals surface area contributed by atoms with Crippen molar-refractivity contribution in [2.75, 3.05) is 12.9 Å². The van der Waals surface area contributed by atoms with Gasteiger partial charge in [0.1, 0.15) is 11.3 Å². The number of hydroxylamine groups is 1. The molecule has 0 radical (unpaired) electrons. The van der Waals surface area contributed by atoms with Gasteiger partial charge in [0, 0.05) is 18.1 Å². The average Bonchev–Trinajstić information content (AvgIpc) is 3.32. The second-order valence-corrected chi connectivity index (χ2v) is 7.82. The number of amides is 1. The summed E-state index contributed by atoms with van der Waals surface area (Å²) < 4.78 is 53.9. The molecule has 1 N–H and O–H groups in total. The maximum atomic E-state index is 13.0. The number of carbonyl (C=O) groups is 1. The van der Waals surface area contributed by atoms with E-state index >= 15 is 0 Å². The predicted octanol–water partition coefficient (Wildman–Crippen LogP) is 1.88. The molecule has 1 amide bonds. The molecule has 0 aliphatic heterocycles. The topological polar surface area (TPSA) is 116 Å². The van der Waals surface area contributed by atoms with Crippen LogP contribution in [0.5, 0.6) is 0 Å². The molecule has 162 valence electrons. The van der Waals surface area contributed by atoms with Crippen LogP contribution in [0, 0.1) is 0 Å². The van der Waals surface area contributed by atoms with Crippen molar-refractivity contribution in [2.24, 2.45) is 0 Å². The lowest BCUT2D eigenvalue weighted by molar-refractivity contribution is -0.137. The zero-order valence-corrected chi connectivity index (χ0v) is 16.9. The molecule has 1 atom stereocenters. The molecule has 4 aromatic heterocycles. The monoisotopic (exact) mass is 453 g/mol. The predicted molar refractivity (Wildman–Crippen MR) is 101 cm³/mol. The Hall–Kier alpha value is -3.39. The van der Waals surface area contributed by atoms with Gasteiger partial charge in [0.25, 0.3) is 5.91 Å². The van der Waals surface area contributed by atoms with Gasteiger partial charge in [-0.15, -0.1) is 5.10 Å². The largest absolute Gasteiger partial charge is 0.417 e. The number of halogens is 3. The highest BCUT2D eigenvalue weighted by molar-refractivity contribution is 7.85. The number of rotatable bonds is 5. The molecular weight excluding hydrogens is 439 g/mol. The van der Waals surface area contributed by atoms with Gasteiger partial charge in [0.15, 0.2) is 22.1 Å². The number of nitrogens with one attached hydrogen (secondary N) is 1. The van der Waals surface area contributed by atoms with Crippen molar-refractivity contribution in [3.63, 3.8) is 0 Å². The molecule has 0 fully saturated rings. The van der Waals surface area contributed by atoms with Crippen LogP contribution in [0.25, 0.3) is 22.7 Å². The molecule has 0 saturated carbocycles. The molecule has 10 nitrogen and oxygen atoms in total. The van der Waals surface area contributed by atoms with Crippen molar-refractivity contribution in [1.82, 2.24) is 34.7 Å². The van der Waals surface area contributed by atoms with E-state index in [4.69, 9.17) is 0 Å². The Balaban J connectivity index is 1.97. The van der Waals surface area contributed by atoms with Crippen molar-refractivity contribution in [2.45, 2.75) is 18.1 Å². The van der Waals surface area contributed by atoms with E-state index in [2.05, 4.69) is 30.5 Å². The smallest absolute Gasteiger partial charge is 0.277 e. The second kappa shape index (κ2) is 7.70. The Morgan fingerprint density at radius 1 is 1.26 bits per heavy atom. The number of fused-ring (bicyclic) bond motifs is 2. The molecular formula is C17H14F3N7O3S. The molecule has 4 aromatic rings. The SMILES string of the molecule is CCS(=O)c1nn2c(C(=O)NOC)ccnc2c1-c1nc2ccc(C(F)(F)F)cn2n1. The molecule has 0 aromatic carbocycles. The summed E-state index contributed by atoms with van der Waals surface area (Å²) in [6, 6.07) is 3.44. The minimum Gasteiger partial charge on any atom is -0.277 e. The summed E-state index contributed by atoms with van der Waals surface area (Å²) >= 11 is 0. The van der Waals surface area contributed by atoms with Gasteiger partial charge < -0.3 is 0 Å². The molecule has 1 unspecified atom stereocenters. The van der Waals surface area contributed by atoms with Crippen LogP contribution in [0.4, 0.5) is 13.2 Å². The lowest BCUT2D eigenvalue weighted by Crippen LogP contribution is -2.24. The Morgan fingerprint density at radius 2 is 2.03 bits per heavy atom. The lowest BCUT2D eigenvalue weighted by Gasteiger charge is -2.05. The van der Waals surface area contributed by atoms with Crippen LogP contribution in [0.15, 0.2) is 35.6 Å². The fourth-order valence-corrected chi connectivity index (χ4v) is 3.75. The number of carbonyl (C=O) groups excluding carboxylic acids is 1. The summed E-state index contributed by atoms with van der Waals surface area (Å²) in [4.78, 5) is 25.4. The number of alkyl halides is 3. The minimum absolute atomic E-state index is 0.0251. The first-order chi connectivity index (χ1) is 14.7. The summed E-state index contributed by atoms with van der Waals surface area (Å²) in [5.74, 6) is -0.458. The van der Waals surface area contributed by atoms with Gasteiger partial charge in [-0.2, -0.15) is 18.3 Å². The average molecular weight is 453 g/mol. The summed E-state index contributed by atoms with van der Waals surface area (Å²) in [6.07, 6.45) is -2.41. The van der Waals surface area contributed by atoms with Crippen molar-refractivity contribution in [3.05, 3.63) is 41.9 Å². The molecule has 31 heavy (non-hydrogen) atoms. The van der Waals surface area contributed by atoms with Gasteiger partial charge in [0.2, 0.25) is 0 Å². The molecule has 14 heteroatoms. The quantitative estimate of drug-likeness (QED) is 0.459. The minimum atomic E-state index is -4.55. The maximum Gasteiger partial charge on any atom is 0.417 e. The van der Waals surface area contributed by atoms with E-state index in [-0.39, 0.29) is 39.2 Å². The maximum absolute atomic E-state index is 13.0. The molecule has 0 aliphatic rings. The Bertz CT molecular complexity index is 1330. The third-order valence-electron chi connectivity index (χ3n) is 4.27. The summed E-state index contributed by atoms with van der Waals surface area (Å²) in [6.45, 7) is 1.67. The van der Waals surface area contributed by atoms with E-state index in [1.807, 2.05) is 0 Å². The molecule has 4 heterocycles. The van der Waals surface area contributed by atoms with Gasteiger partial charge in [0.05, 0.1) is 23.5 Å². The molecule has 0 spiro atoms. The van der Waals surface area contributed by atoms with Gasteiger partial charge in [-0.05, 0) is 18.2 Å². The number of nitrogens with zero attached hydrogens (tertiary/aromatic N) is 6. The van der Waals surface area contributed by atoms with Crippen molar-refractivity contribution in [3.8, 4) is 11.4 Å². The second-order valence-electron chi connectivity index (χ2n) is 6.17. The molecule has 0 aliphatic carbocycles. The van der Waals surface area contributed by atoms with E-state index in [1.165, 1.54) is 30.0 Å². The van der Waals surface area contributed by atoms with E-state index in [0.717, 1.165) is 16.8 Å². The zero-order valence-electron chi connectivity index (χ0n) is 16.0. The van der Waals surface area contributed by atoms with Crippen molar-refractivity contribution < 1.29 is 27.0 Å². The zero-order chi connectivity index (χ0) is 22.3. The number of hydrogen-bond donors (Lipinski definition) is 1. The number of pyridine rings is 1. The summed E-state index contributed by atoms with van der Waals surface area (Å²) in [5.41, 5.74) is 1.72. The van der Waals surface area contributed by atoms with Crippen LogP contribution in [-0.4, -0.2) is 52.2 Å². The van der Waals surface area contributed by atoms with Crippen molar-refractivity contribution in [1.29, 1.82) is 0 Å². The Morgan fingerprint density at radius 3 is 2.71 bits per heavy atom. The van der Waals surface area contributed by atoms with Gasteiger partial charge in [-0.1, -0.05) is 6.92 Å². The van der Waals surface area contributed by atoms with E-state index < -0.39 is 28.4 Å². The van der Waals surface area contributed by atoms with Gasteiger partial charge >= 0.3 is 6.18 Å². The standard InChI is InChI=1S/C17H14F3N7O3S/c1-3-31(29)16-12(14-21-7-6-10(27(14)24-16)15(28)25-30-2)13-22-11-5-4-9(17(18,19)20)8-26(11)23-13/h4-8H,3H2,1-2H3,(H,25,28). The highest BCUT2D eigenvalue weighted by atomic mass is 32.2. The fraction of sp³-hybridized carbons (Fsp3) is 0.235. The highest BCUT2D eigenvalue weighted by Crippen LogP contribution is 2.31. The normalized spacial score (nSPS) is 13.1. The van der Waals surface area contributed by atoms with Gasteiger partial charge in [-0.3, -0.25) is 13.8 Å². The Labute approximate surface area is 174 Å². The summed E-state index contributed by atoms with van der Waals surface area (Å²) in [7, 11) is -0.343. The van der Waals surface area contributed by atoms with Crippen LogP contribution < -0.4 is 5.48 Å². The molecule has 4 rings (SSSR count). The third kappa shape index (κ3) is 3.63. The van der Waals surface area contributed by atoms with E-state index in [9.17, 15) is 22.2 Å². The van der Waals surface area contributed by atoms with Crippen LogP contribution >= 0.6 is 0 Å².